The number of esters is 1. The molecular formula is C20H24N4O5S. The van der Waals surface area contributed by atoms with E-state index in [0.717, 1.165) is 19.1 Å². The van der Waals surface area contributed by atoms with E-state index in [1.807, 2.05) is 0 Å². The van der Waals surface area contributed by atoms with Crippen molar-refractivity contribution in [3.8, 4) is 0 Å². The standard InChI is InChI=1S/C20H24N4O5S/c1-3-29-19(25)14-6-8-16(9-7-14)23-20(26)24-10-4-5-15(12-24)18-17(30(2,27)28)11-21-13-22-18/h6-9,11,13,15H,3-5,10,12H2,1-2H3,(H,23,26). The molecule has 2 heterocycles. The van der Waals surface area contributed by atoms with Crippen LogP contribution in [0.4, 0.5) is 10.5 Å². The third-order valence-corrected chi connectivity index (χ3v) is 5.96. The summed E-state index contributed by atoms with van der Waals surface area (Å²) in [6.07, 6.45) is 5.23. The molecule has 0 bridgehead atoms. The van der Waals surface area contributed by atoms with Gasteiger partial charge in [-0.1, -0.05) is 0 Å². The van der Waals surface area contributed by atoms with Gasteiger partial charge in [0.05, 0.1) is 17.9 Å². The molecule has 1 aliphatic heterocycles. The fourth-order valence-corrected chi connectivity index (χ4v) is 4.26. The highest BCUT2D eigenvalue weighted by Crippen LogP contribution is 2.29. The molecule has 1 saturated heterocycles. The average molecular weight is 433 g/mol. The van der Waals surface area contributed by atoms with Crippen LogP contribution >= 0.6 is 0 Å². The smallest absolute Gasteiger partial charge is 0.338 e. The number of carbonyl (C=O) groups excluding carboxylic acids is 2. The van der Waals surface area contributed by atoms with E-state index in [4.69, 9.17) is 4.74 Å². The molecule has 1 aromatic carbocycles. The summed E-state index contributed by atoms with van der Waals surface area (Å²) in [6, 6.07) is 6.16. The molecule has 1 fully saturated rings. The second kappa shape index (κ2) is 9.21. The van der Waals surface area contributed by atoms with E-state index >= 15 is 0 Å². The first-order chi connectivity index (χ1) is 14.3. The van der Waals surface area contributed by atoms with Crippen LogP contribution in [0.2, 0.25) is 0 Å². The van der Waals surface area contributed by atoms with Gasteiger partial charge in [0.1, 0.15) is 11.2 Å². The molecule has 0 radical (unpaired) electrons. The highest BCUT2D eigenvalue weighted by molar-refractivity contribution is 7.90. The number of ether oxygens (including phenoxy) is 1. The number of urea groups is 1. The fourth-order valence-electron chi connectivity index (χ4n) is 3.41. The molecule has 1 aliphatic rings. The molecule has 1 unspecified atom stereocenters. The number of benzene rings is 1. The van der Waals surface area contributed by atoms with Crippen LogP contribution in [0.25, 0.3) is 0 Å². The third-order valence-electron chi connectivity index (χ3n) is 4.85. The van der Waals surface area contributed by atoms with Crippen molar-refractivity contribution in [3.63, 3.8) is 0 Å². The quantitative estimate of drug-likeness (QED) is 0.721. The lowest BCUT2D eigenvalue weighted by Crippen LogP contribution is -2.42. The highest BCUT2D eigenvalue weighted by Gasteiger charge is 2.29. The van der Waals surface area contributed by atoms with Gasteiger partial charge in [-0.25, -0.2) is 28.0 Å². The Morgan fingerprint density at radius 3 is 2.67 bits per heavy atom. The van der Waals surface area contributed by atoms with Gasteiger partial charge in [0.25, 0.3) is 0 Å². The van der Waals surface area contributed by atoms with Gasteiger partial charge in [-0.2, -0.15) is 0 Å². The minimum atomic E-state index is -3.47. The van der Waals surface area contributed by atoms with Gasteiger partial charge < -0.3 is 15.0 Å². The van der Waals surface area contributed by atoms with Crippen molar-refractivity contribution >= 4 is 27.5 Å². The molecule has 1 atom stereocenters. The predicted molar refractivity (Wildman–Crippen MR) is 110 cm³/mol. The summed E-state index contributed by atoms with van der Waals surface area (Å²) in [6.45, 7) is 2.94. The van der Waals surface area contributed by atoms with Crippen LogP contribution in [0.15, 0.2) is 41.7 Å². The van der Waals surface area contributed by atoms with E-state index in [1.54, 1.807) is 36.1 Å². The van der Waals surface area contributed by atoms with Gasteiger partial charge in [-0.05, 0) is 44.0 Å². The zero-order valence-electron chi connectivity index (χ0n) is 16.9. The van der Waals surface area contributed by atoms with Gasteiger partial charge in [0.15, 0.2) is 9.84 Å². The van der Waals surface area contributed by atoms with Crippen LogP contribution < -0.4 is 5.32 Å². The van der Waals surface area contributed by atoms with E-state index in [1.165, 1.54) is 12.5 Å². The average Bonchev–Trinajstić information content (AvgIpc) is 2.74. The number of piperidine rings is 1. The Balaban J connectivity index is 1.69. The van der Waals surface area contributed by atoms with E-state index in [0.29, 0.717) is 36.6 Å². The number of hydrogen-bond acceptors (Lipinski definition) is 7. The summed E-state index contributed by atoms with van der Waals surface area (Å²) in [7, 11) is -3.47. The number of likely N-dealkylation sites (tertiary alicyclic amines) is 1. The van der Waals surface area contributed by atoms with E-state index in [2.05, 4.69) is 15.3 Å². The molecule has 1 N–H and O–H groups in total. The van der Waals surface area contributed by atoms with Crippen LogP contribution in [0, 0.1) is 0 Å². The van der Waals surface area contributed by atoms with Crippen LogP contribution in [0.1, 0.15) is 41.7 Å². The molecule has 1 aromatic heterocycles. The lowest BCUT2D eigenvalue weighted by Gasteiger charge is -2.33. The van der Waals surface area contributed by atoms with Crippen molar-refractivity contribution in [1.82, 2.24) is 14.9 Å². The molecule has 2 amide bonds. The monoisotopic (exact) mass is 432 g/mol. The van der Waals surface area contributed by atoms with Crippen molar-refractivity contribution in [2.75, 3.05) is 31.3 Å². The Morgan fingerprint density at radius 1 is 1.27 bits per heavy atom. The van der Waals surface area contributed by atoms with Crippen molar-refractivity contribution < 1.29 is 22.7 Å². The number of nitrogens with one attached hydrogen (secondary N) is 1. The molecule has 0 saturated carbocycles. The van der Waals surface area contributed by atoms with E-state index in [-0.39, 0.29) is 16.8 Å². The zero-order valence-corrected chi connectivity index (χ0v) is 17.7. The Morgan fingerprint density at radius 2 is 2.00 bits per heavy atom. The maximum absolute atomic E-state index is 12.7. The van der Waals surface area contributed by atoms with E-state index in [9.17, 15) is 18.0 Å². The Labute approximate surface area is 175 Å². The second-order valence-electron chi connectivity index (χ2n) is 7.06. The highest BCUT2D eigenvalue weighted by atomic mass is 32.2. The normalized spacial score (nSPS) is 16.7. The summed E-state index contributed by atoms with van der Waals surface area (Å²) in [5.41, 5.74) is 1.41. The first kappa shape index (κ1) is 21.7. The lowest BCUT2D eigenvalue weighted by molar-refractivity contribution is 0.0526. The van der Waals surface area contributed by atoms with Gasteiger partial charge >= 0.3 is 12.0 Å². The van der Waals surface area contributed by atoms with Gasteiger partial charge in [-0.3, -0.25) is 0 Å². The van der Waals surface area contributed by atoms with Gasteiger partial charge in [0.2, 0.25) is 0 Å². The number of carbonyl (C=O) groups is 2. The zero-order chi connectivity index (χ0) is 21.7. The van der Waals surface area contributed by atoms with Crippen LogP contribution in [-0.2, 0) is 14.6 Å². The minimum absolute atomic E-state index is 0.104. The molecule has 3 rings (SSSR count). The minimum Gasteiger partial charge on any atom is -0.462 e. The number of aromatic nitrogens is 2. The summed E-state index contributed by atoms with van der Waals surface area (Å²) in [4.78, 5) is 34.2. The summed E-state index contributed by atoms with van der Waals surface area (Å²) < 4.78 is 29.1. The SMILES string of the molecule is CCOC(=O)c1ccc(NC(=O)N2CCCC(c3ncncc3S(C)(=O)=O)C2)cc1. The van der Waals surface area contributed by atoms with Crippen molar-refractivity contribution in [2.24, 2.45) is 0 Å². The van der Waals surface area contributed by atoms with Crippen LogP contribution in [0.5, 0.6) is 0 Å². The first-order valence-electron chi connectivity index (χ1n) is 9.62. The molecule has 9 nitrogen and oxygen atoms in total. The topological polar surface area (TPSA) is 119 Å². The summed E-state index contributed by atoms with van der Waals surface area (Å²) in [5.74, 6) is -0.607. The van der Waals surface area contributed by atoms with Crippen molar-refractivity contribution in [3.05, 3.63) is 48.0 Å². The maximum Gasteiger partial charge on any atom is 0.338 e. The first-order valence-corrected chi connectivity index (χ1v) is 11.5. The van der Waals surface area contributed by atoms with Crippen molar-refractivity contribution in [1.29, 1.82) is 0 Å². The van der Waals surface area contributed by atoms with Crippen LogP contribution in [-0.4, -0.2) is 61.2 Å². The van der Waals surface area contributed by atoms with Crippen LogP contribution in [0.3, 0.4) is 0 Å². The fraction of sp³-hybridized carbons (Fsp3) is 0.400. The number of anilines is 1. The molecule has 0 spiro atoms. The number of nitrogens with zero attached hydrogens (tertiary/aromatic N) is 3. The molecule has 10 heteroatoms. The van der Waals surface area contributed by atoms with Gasteiger partial charge in [0, 0.05) is 37.1 Å². The summed E-state index contributed by atoms with van der Waals surface area (Å²) >= 11 is 0. The Hall–Kier alpha value is -3.01. The molecule has 0 aliphatic carbocycles. The molecule has 2 aromatic rings. The molecule has 30 heavy (non-hydrogen) atoms. The largest absolute Gasteiger partial charge is 0.462 e. The lowest BCUT2D eigenvalue weighted by atomic mass is 9.94. The Kier molecular flexibility index (Phi) is 6.66. The third kappa shape index (κ3) is 5.12. The van der Waals surface area contributed by atoms with Crippen molar-refractivity contribution in [2.45, 2.75) is 30.6 Å². The Bertz CT molecular complexity index is 1020. The second-order valence-corrected chi connectivity index (χ2v) is 9.04. The number of rotatable bonds is 5. The van der Waals surface area contributed by atoms with E-state index < -0.39 is 15.8 Å². The predicted octanol–water partition coefficient (Wildman–Crippen LogP) is 2.47. The number of amides is 2. The maximum atomic E-state index is 12.7. The molecular weight excluding hydrogens is 408 g/mol. The summed E-state index contributed by atoms with van der Waals surface area (Å²) in [5, 5.41) is 2.81. The number of sulfone groups is 1. The van der Waals surface area contributed by atoms with Gasteiger partial charge in [-0.15, -0.1) is 0 Å². The number of hydrogen-bond donors (Lipinski definition) is 1. The molecule has 160 valence electrons.